The molecule has 0 saturated heterocycles. The molecule has 3 aromatic rings. The highest BCUT2D eigenvalue weighted by molar-refractivity contribution is 6.07. The number of fused-ring (bicyclic) bond motifs is 1. The molecule has 2 unspecified atom stereocenters. The minimum Gasteiger partial charge on any atom is -0.468 e. The Morgan fingerprint density at radius 1 is 0.973 bits per heavy atom. The Morgan fingerprint density at radius 3 is 2.27 bits per heavy atom. The zero-order chi connectivity index (χ0) is 27.1. The molecule has 37 heavy (non-hydrogen) atoms. The average Bonchev–Trinajstić information content (AvgIpc) is 2.84. The molecular formula is C30H31NO6. The fraction of sp³-hybridized carbons (Fsp3) is 0.333. The Bertz CT molecular complexity index is 1500. The van der Waals surface area contributed by atoms with E-state index in [0.29, 0.717) is 39.3 Å². The van der Waals surface area contributed by atoms with Crippen LogP contribution in [0.4, 0.5) is 0 Å². The summed E-state index contributed by atoms with van der Waals surface area (Å²) in [5, 5.41) is 0.308. The minimum atomic E-state index is -0.921. The van der Waals surface area contributed by atoms with Crippen molar-refractivity contribution in [3.8, 4) is 11.3 Å². The second-order valence-electron chi connectivity index (χ2n) is 10.2. The van der Waals surface area contributed by atoms with Gasteiger partial charge in [-0.25, -0.2) is 4.79 Å². The third-order valence-corrected chi connectivity index (χ3v) is 6.45. The van der Waals surface area contributed by atoms with E-state index < -0.39 is 29.4 Å². The van der Waals surface area contributed by atoms with Crippen LogP contribution in [0.3, 0.4) is 0 Å². The van der Waals surface area contributed by atoms with E-state index in [0.717, 1.165) is 5.56 Å². The molecule has 2 aromatic carbocycles. The highest BCUT2D eigenvalue weighted by atomic mass is 16.6. The topological polar surface area (TPSA) is 95.2 Å². The number of hydrogen-bond acceptors (Lipinski definition) is 7. The van der Waals surface area contributed by atoms with E-state index in [2.05, 4.69) is 4.99 Å². The number of carbonyl (C=O) groups excluding carboxylic acids is 2. The molecule has 1 aliphatic rings. The van der Waals surface area contributed by atoms with Gasteiger partial charge in [0, 0.05) is 28.5 Å². The maximum atomic E-state index is 13.9. The predicted octanol–water partition coefficient (Wildman–Crippen LogP) is 5.73. The Labute approximate surface area is 215 Å². The van der Waals surface area contributed by atoms with E-state index in [-0.39, 0.29) is 11.0 Å². The number of nitrogens with zero attached hydrogens (tertiary/aromatic N) is 1. The van der Waals surface area contributed by atoms with Crippen LogP contribution in [0.5, 0.6) is 0 Å². The highest BCUT2D eigenvalue weighted by Crippen LogP contribution is 2.43. The van der Waals surface area contributed by atoms with Crippen LogP contribution in [0, 0.1) is 12.8 Å². The molecule has 0 amide bonds. The lowest BCUT2D eigenvalue weighted by molar-refractivity contribution is -0.150. The average molecular weight is 502 g/mol. The third-order valence-electron chi connectivity index (χ3n) is 6.45. The summed E-state index contributed by atoms with van der Waals surface area (Å²) in [4.78, 5) is 44.9. The third kappa shape index (κ3) is 4.86. The first-order valence-corrected chi connectivity index (χ1v) is 12.1. The zero-order valence-electron chi connectivity index (χ0n) is 22.2. The van der Waals surface area contributed by atoms with Gasteiger partial charge in [-0.2, -0.15) is 0 Å². The number of esters is 2. The molecule has 0 bridgehead atoms. The molecular weight excluding hydrogens is 470 g/mol. The number of hydrogen-bond donors (Lipinski definition) is 0. The number of allylic oxidation sites excluding steroid dienone is 1. The molecule has 4 rings (SSSR count). The Morgan fingerprint density at radius 2 is 1.65 bits per heavy atom. The summed E-state index contributed by atoms with van der Waals surface area (Å²) in [7, 11) is 1.29. The lowest BCUT2D eigenvalue weighted by Crippen LogP contribution is -2.38. The van der Waals surface area contributed by atoms with Crippen LogP contribution in [-0.4, -0.2) is 30.4 Å². The summed E-state index contributed by atoms with van der Waals surface area (Å²) in [5.74, 6) is -2.46. The van der Waals surface area contributed by atoms with Crippen LogP contribution >= 0.6 is 0 Å². The van der Waals surface area contributed by atoms with Crippen molar-refractivity contribution in [2.45, 2.75) is 53.1 Å². The van der Waals surface area contributed by atoms with Crippen molar-refractivity contribution >= 4 is 28.6 Å². The van der Waals surface area contributed by atoms with Crippen molar-refractivity contribution in [3.63, 3.8) is 0 Å². The smallest absolute Gasteiger partial charge is 0.337 e. The van der Waals surface area contributed by atoms with Crippen molar-refractivity contribution in [2.75, 3.05) is 7.11 Å². The standard InChI is InChI=1S/C30H31NO6/c1-16-26(32)24-20(14-11-15-21(24)36-27(16)19-12-9-8-10-13-19)25-22(28(33)35-7)17(2)31-18(3)23(25)29(34)37-30(4,5)6/h8-15,22,25H,1-7H3. The van der Waals surface area contributed by atoms with Gasteiger partial charge in [0.05, 0.1) is 18.1 Å². The molecule has 1 aromatic heterocycles. The molecule has 0 N–H and O–H groups in total. The van der Waals surface area contributed by atoms with Gasteiger partial charge in [0.15, 0.2) is 5.43 Å². The summed E-state index contributed by atoms with van der Waals surface area (Å²) in [6.45, 7) is 10.4. The van der Waals surface area contributed by atoms with Gasteiger partial charge in [0.1, 0.15) is 22.9 Å². The molecule has 1 aliphatic heterocycles. The number of ether oxygens (including phenoxy) is 2. The lowest BCUT2D eigenvalue weighted by atomic mass is 9.74. The number of methoxy groups -OCH3 is 1. The highest BCUT2D eigenvalue weighted by Gasteiger charge is 2.44. The van der Waals surface area contributed by atoms with Gasteiger partial charge >= 0.3 is 11.9 Å². The van der Waals surface area contributed by atoms with Crippen LogP contribution < -0.4 is 5.43 Å². The van der Waals surface area contributed by atoms with E-state index in [1.807, 2.05) is 30.3 Å². The first-order chi connectivity index (χ1) is 17.4. The summed E-state index contributed by atoms with van der Waals surface area (Å²) in [5.41, 5.74) is 2.18. The van der Waals surface area contributed by atoms with Crippen molar-refractivity contribution < 1.29 is 23.5 Å². The SMILES string of the molecule is COC(=O)C1C(C)=NC(C)=C(C(=O)OC(C)(C)C)C1c1cccc2oc(-c3ccccc3)c(C)c(=O)c12. The molecule has 0 aliphatic carbocycles. The molecule has 7 nitrogen and oxygen atoms in total. The largest absolute Gasteiger partial charge is 0.468 e. The number of carbonyl (C=O) groups is 2. The van der Waals surface area contributed by atoms with Gasteiger partial charge in [-0.05, 0) is 53.2 Å². The van der Waals surface area contributed by atoms with Gasteiger partial charge in [-0.1, -0.05) is 42.5 Å². The maximum absolute atomic E-state index is 13.9. The first kappa shape index (κ1) is 26.1. The van der Waals surface area contributed by atoms with Gasteiger partial charge in [-0.15, -0.1) is 0 Å². The van der Waals surface area contributed by atoms with E-state index in [9.17, 15) is 14.4 Å². The Balaban J connectivity index is 2.02. The zero-order valence-corrected chi connectivity index (χ0v) is 22.2. The number of benzene rings is 2. The van der Waals surface area contributed by atoms with Gasteiger partial charge in [0.2, 0.25) is 0 Å². The van der Waals surface area contributed by atoms with Crippen LogP contribution in [0.25, 0.3) is 22.3 Å². The van der Waals surface area contributed by atoms with E-state index in [1.54, 1.807) is 59.7 Å². The molecule has 7 heteroatoms. The van der Waals surface area contributed by atoms with Crippen molar-refractivity contribution in [1.82, 2.24) is 0 Å². The molecule has 2 heterocycles. The van der Waals surface area contributed by atoms with Gasteiger partial charge < -0.3 is 13.9 Å². The van der Waals surface area contributed by atoms with E-state index >= 15 is 0 Å². The lowest BCUT2D eigenvalue weighted by Gasteiger charge is -2.33. The van der Waals surface area contributed by atoms with Gasteiger partial charge in [0.25, 0.3) is 0 Å². The molecule has 0 fully saturated rings. The van der Waals surface area contributed by atoms with Crippen molar-refractivity contribution in [1.29, 1.82) is 0 Å². The fourth-order valence-electron chi connectivity index (χ4n) is 4.88. The summed E-state index contributed by atoms with van der Waals surface area (Å²) >= 11 is 0. The minimum absolute atomic E-state index is 0.215. The van der Waals surface area contributed by atoms with E-state index in [4.69, 9.17) is 13.9 Å². The van der Waals surface area contributed by atoms with Gasteiger partial charge in [-0.3, -0.25) is 14.6 Å². The van der Waals surface area contributed by atoms with Crippen LogP contribution in [0.15, 0.2) is 74.0 Å². The molecule has 0 spiro atoms. The first-order valence-electron chi connectivity index (χ1n) is 12.1. The van der Waals surface area contributed by atoms with Crippen LogP contribution in [-0.2, 0) is 19.1 Å². The molecule has 2 atom stereocenters. The second kappa shape index (κ2) is 9.81. The molecule has 0 saturated carbocycles. The van der Waals surface area contributed by atoms with E-state index in [1.165, 1.54) is 7.11 Å². The molecule has 192 valence electrons. The monoisotopic (exact) mass is 501 g/mol. The number of rotatable bonds is 4. The van der Waals surface area contributed by atoms with Crippen molar-refractivity contribution in [2.24, 2.45) is 10.9 Å². The second-order valence-corrected chi connectivity index (χ2v) is 10.2. The molecule has 0 radical (unpaired) electrons. The summed E-state index contributed by atoms with van der Waals surface area (Å²) in [6, 6.07) is 14.6. The summed E-state index contributed by atoms with van der Waals surface area (Å²) in [6.07, 6.45) is 0. The van der Waals surface area contributed by atoms with Crippen LogP contribution in [0.1, 0.15) is 51.7 Å². The summed E-state index contributed by atoms with van der Waals surface area (Å²) < 4.78 is 17.1. The van der Waals surface area contributed by atoms with Crippen molar-refractivity contribution in [3.05, 3.63) is 81.2 Å². The predicted molar refractivity (Wildman–Crippen MR) is 143 cm³/mol. The quantitative estimate of drug-likeness (QED) is 0.424. The Hall–Kier alpha value is -4.00. The van der Waals surface area contributed by atoms with Crippen LogP contribution in [0.2, 0.25) is 0 Å². The normalized spacial score (nSPS) is 18.0. The number of aliphatic imine (C=N–C) groups is 1. The Kier molecular flexibility index (Phi) is 6.91. The fourth-order valence-corrected chi connectivity index (χ4v) is 4.88. The maximum Gasteiger partial charge on any atom is 0.337 e.